The van der Waals surface area contributed by atoms with Crippen molar-refractivity contribution in [3.8, 4) is 17.2 Å². The lowest BCUT2D eigenvalue weighted by atomic mass is 10.1. The highest BCUT2D eigenvalue weighted by Gasteiger charge is 2.29. The Hall–Kier alpha value is -3.01. The first-order valence-corrected chi connectivity index (χ1v) is 12.3. The average molecular weight is 486 g/mol. The summed E-state index contributed by atoms with van der Waals surface area (Å²) in [5.41, 5.74) is 1.61. The maximum atomic E-state index is 11.9. The van der Waals surface area contributed by atoms with Crippen molar-refractivity contribution in [2.75, 3.05) is 38.2 Å². The van der Waals surface area contributed by atoms with E-state index in [1.165, 1.54) is 25.0 Å². The Kier molecular flexibility index (Phi) is 9.05. The zero-order valence-electron chi connectivity index (χ0n) is 19.9. The van der Waals surface area contributed by atoms with Gasteiger partial charge in [-0.15, -0.1) is 0 Å². The Bertz CT molecular complexity index is 949. The minimum atomic E-state index is -0.683. The molecule has 9 nitrogen and oxygen atoms in total. The maximum absolute atomic E-state index is 11.9. The third-order valence-electron chi connectivity index (χ3n) is 6.23. The molecule has 35 heavy (non-hydrogen) atoms. The van der Waals surface area contributed by atoms with E-state index in [1.54, 1.807) is 12.1 Å². The number of nitrogens with one attached hydrogen (secondary N) is 3. The molecule has 2 atom stereocenters. The van der Waals surface area contributed by atoms with Crippen LogP contribution in [0.1, 0.15) is 31.2 Å². The number of phenolic OH excluding ortho intramolecular Hbond substituents is 1. The molecule has 1 fully saturated rings. The van der Waals surface area contributed by atoms with Gasteiger partial charge in [0.25, 0.3) is 0 Å². The van der Waals surface area contributed by atoms with Gasteiger partial charge in [-0.25, -0.2) is 4.79 Å². The van der Waals surface area contributed by atoms with E-state index in [9.17, 15) is 15.0 Å². The summed E-state index contributed by atoms with van der Waals surface area (Å²) >= 11 is 0. The largest absolute Gasteiger partial charge is 0.508 e. The molecule has 2 aromatic rings. The second kappa shape index (κ2) is 12.6. The number of phenols is 1. The van der Waals surface area contributed by atoms with E-state index in [2.05, 4.69) is 16.0 Å². The number of fused-ring (bicyclic) bond motifs is 1. The van der Waals surface area contributed by atoms with Gasteiger partial charge in [0, 0.05) is 37.3 Å². The Balaban J connectivity index is 1.09. The summed E-state index contributed by atoms with van der Waals surface area (Å²) < 4.78 is 17.6. The van der Waals surface area contributed by atoms with Gasteiger partial charge in [-0.3, -0.25) is 0 Å². The predicted molar refractivity (Wildman–Crippen MR) is 132 cm³/mol. The third kappa shape index (κ3) is 7.74. The lowest BCUT2D eigenvalue weighted by Gasteiger charge is -2.18. The smallest absolute Gasteiger partial charge is 0.319 e. The second-order valence-corrected chi connectivity index (χ2v) is 8.95. The molecule has 0 spiro atoms. The highest BCUT2D eigenvalue weighted by molar-refractivity contribution is 5.89. The van der Waals surface area contributed by atoms with Crippen molar-refractivity contribution in [1.29, 1.82) is 0 Å². The van der Waals surface area contributed by atoms with Gasteiger partial charge in [0.15, 0.2) is 0 Å². The number of carbonyl (C=O) groups excluding carboxylic acids is 1. The number of benzene rings is 2. The number of ether oxygens (including phenoxy) is 3. The second-order valence-electron chi connectivity index (χ2n) is 8.95. The summed E-state index contributed by atoms with van der Waals surface area (Å²) in [7, 11) is 0. The third-order valence-corrected chi connectivity index (χ3v) is 6.23. The van der Waals surface area contributed by atoms with Crippen LogP contribution in [0.15, 0.2) is 42.5 Å². The molecule has 1 aliphatic heterocycles. The van der Waals surface area contributed by atoms with Crippen LogP contribution in [-0.4, -0.2) is 67.4 Å². The zero-order chi connectivity index (χ0) is 24.5. The van der Waals surface area contributed by atoms with Gasteiger partial charge in [0.05, 0.1) is 12.7 Å². The summed E-state index contributed by atoms with van der Waals surface area (Å²) in [6.45, 7) is 2.36. The van der Waals surface area contributed by atoms with E-state index in [4.69, 9.17) is 14.2 Å². The molecule has 2 aromatic carbocycles. The fourth-order valence-corrected chi connectivity index (χ4v) is 4.35. The van der Waals surface area contributed by atoms with Crippen LogP contribution < -0.4 is 25.4 Å². The van der Waals surface area contributed by atoms with Gasteiger partial charge in [0.1, 0.15) is 36.1 Å². The monoisotopic (exact) mass is 485 g/mol. The van der Waals surface area contributed by atoms with Crippen LogP contribution >= 0.6 is 0 Å². The van der Waals surface area contributed by atoms with Crippen molar-refractivity contribution in [1.82, 2.24) is 10.6 Å². The number of carbonyl (C=O) groups is 1. The molecular weight excluding hydrogens is 450 g/mol. The van der Waals surface area contributed by atoms with Gasteiger partial charge >= 0.3 is 6.03 Å². The standard InChI is InChI=1S/C26H35N3O6/c30-20-7-5-19(6-8-20)29-26(32)28-12-11-27-17-23(31)25-16-18-15-22(9-10-24(18)35-25)34-14-13-33-21-3-1-2-4-21/h5-10,15,21,23,25,27,30-31H,1-4,11-14,16-17H2,(H2,28,29,32). The van der Waals surface area contributed by atoms with Gasteiger partial charge in [0.2, 0.25) is 0 Å². The fourth-order valence-electron chi connectivity index (χ4n) is 4.35. The summed E-state index contributed by atoms with van der Waals surface area (Å²) in [5, 5.41) is 28.4. The molecule has 0 aromatic heterocycles. The van der Waals surface area contributed by atoms with Gasteiger partial charge in [-0.2, -0.15) is 0 Å². The summed E-state index contributed by atoms with van der Waals surface area (Å²) in [6.07, 6.45) is 4.82. The number of urea groups is 1. The van der Waals surface area contributed by atoms with Crippen molar-refractivity contribution < 1.29 is 29.2 Å². The van der Waals surface area contributed by atoms with E-state index in [-0.39, 0.29) is 17.9 Å². The number of hydrogen-bond donors (Lipinski definition) is 5. The molecule has 4 rings (SSSR count). The topological polar surface area (TPSA) is 121 Å². The number of anilines is 1. The first-order chi connectivity index (χ1) is 17.1. The van der Waals surface area contributed by atoms with Crippen LogP contribution in [-0.2, 0) is 11.2 Å². The van der Waals surface area contributed by atoms with E-state index >= 15 is 0 Å². The van der Waals surface area contributed by atoms with Crippen molar-refractivity contribution in [2.24, 2.45) is 0 Å². The molecule has 190 valence electrons. The minimum Gasteiger partial charge on any atom is -0.508 e. The summed E-state index contributed by atoms with van der Waals surface area (Å²) in [6, 6.07) is 11.6. The Labute approximate surface area is 205 Å². The highest BCUT2D eigenvalue weighted by atomic mass is 16.5. The minimum absolute atomic E-state index is 0.140. The normalized spacial score (nSPS) is 18.0. The van der Waals surface area contributed by atoms with Crippen LogP contribution in [0, 0.1) is 0 Å². The van der Waals surface area contributed by atoms with Gasteiger partial charge in [-0.05, 0) is 55.3 Å². The number of amides is 2. The molecule has 2 amide bonds. The molecule has 0 bridgehead atoms. The summed E-state index contributed by atoms with van der Waals surface area (Å²) in [5.74, 6) is 1.70. The average Bonchev–Trinajstić information content (AvgIpc) is 3.52. The molecule has 0 radical (unpaired) electrons. The predicted octanol–water partition coefficient (Wildman–Crippen LogP) is 2.81. The fraction of sp³-hybridized carbons (Fsp3) is 0.500. The lowest BCUT2D eigenvalue weighted by Crippen LogP contribution is -2.41. The molecular formula is C26H35N3O6. The number of aliphatic hydroxyl groups is 1. The van der Waals surface area contributed by atoms with Crippen molar-refractivity contribution in [3.63, 3.8) is 0 Å². The number of aliphatic hydroxyl groups excluding tert-OH is 1. The molecule has 2 unspecified atom stereocenters. The first kappa shape index (κ1) is 25.1. The Morgan fingerprint density at radius 2 is 1.89 bits per heavy atom. The van der Waals surface area contributed by atoms with E-state index < -0.39 is 6.10 Å². The van der Waals surface area contributed by atoms with Gasteiger partial charge < -0.3 is 40.4 Å². The molecule has 1 aliphatic carbocycles. The number of rotatable bonds is 12. The quantitative estimate of drug-likeness (QED) is 0.232. The molecule has 1 saturated carbocycles. The van der Waals surface area contributed by atoms with Crippen molar-refractivity contribution in [2.45, 2.75) is 50.4 Å². The Morgan fingerprint density at radius 1 is 1.09 bits per heavy atom. The van der Waals surface area contributed by atoms with Crippen LogP contribution in [0.4, 0.5) is 10.5 Å². The molecule has 9 heteroatoms. The van der Waals surface area contributed by atoms with Crippen molar-refractivity contribution in [3.05, 3.63) is 48.0 Å². The number of hydrogen-bond acceptors (Lipinski definition) is 7. The SMILES string of the molecule is O=C(NCCNCC(O)C1Cc2cc(OCCOC3CCCC3)ccc2O1)Nc1ccc(O)cc1. The highest BCUT2D eigenvalue weighted by Crippen LogP contribution is 2.33. The zero-order valence-corrected chi connectivity index (χ0v) is 19.9. The van der Waals surface area contributed by atoms with Gasteiger partial charge in [-0.1, -0.05) is 12.8 Å². The van der Waals surface area contributed by atoms with Crippen LogP contribution in [0.2, 0.25) is 0 Å². The van der Waals surface area contributed by atoms with Crippen LogP contribution in [0.3, 0.4) is 0 Å². The summed E-state index contributed by atoms with van der Waals surface area (Å²) in [4.78, 5) is 11.9. The maximum Gasteiger partial charge on any atom is 0.319 e. The molecule has 1 heterocycles. The van der Waals surface area contributed by atoms with E-state index in [0.717, 1.165) is 29.9 Å². The molecule has 5 N–H and O–H groups in total. The van der Waals surface area contributed by atoms with Crippen LogP contribution in [0.25, 0.3) is 0 Å². The molecule has 0 saturated heterocycles. The lowest BCUT2D eigenvalue weighted by molar-refractivity contribution is 0.0382. The van der Waals surface area contributed by atoms with E-state index in [0.29, 0.717) is 51.1 Å². The van der Waals surface area contributed by atoms with E-state index in [1.807, 2.05) is 18.2 Å². The van der Waals surface area contributed by atoms with Crippen molar-refractivity contribution >= 4 is 11.7 Å². The first-order valence-electron chi connectivity index (χ1n) is 12.3. The Morgan fingerprint density at radius 3 is 2.69 bits per heavy atom. The molecule has 2 aliphatic rings. The number of aromatic hydroxyl groups is 1. The van der Waals surface area contributed by atoms with Crippen LogP contribution in [0.5, 0.6) is 17.2 Å².